The van der Waals surface area contributed by atoms with Crippen LogP contribution in [0.15, 0.2) is 42.5 Å². The molecule has 0 saturated heterocycles. The van der Waals surface area contributed by atoms with E-state index in [4.69, 9.17) is 11.6 Å². The molecule has 1 aliphatic carbocycles. The third-order valence-corrected chi connectivity index (χ3v) is 4.17. The number of hydrogen-bond donors (Lipinski definition) is 0. The number of benzene rings is 2. The van der Waals surface area contributed by atoms with Crippen LogP contribution < -0.4 is 0 Å². The summed E-state index contributed by atoms with van der Waals surface area (Å²) < 4.78 is 0. The first kappa shape index (κ1) is 13.8. The Bertz CT molecular complexity index is 717. The molecular weight excluding hydrogens is 290 g/mol. The predicted octanol–water partition coefficient (Wildman–Crippen LogP) is 3.85. The number of nitro benzene ring substituents is 1. The van der Waals surface area contributed by atoms with E-state index >= 15 is 0 Å². The fraction of sp³-hybridized carbons (Fsp3) is 0.188. The van der Waals surface area contributed by atoms with Gasteiger partial charge in [0.15, 0.2) is 5.78 Å². The highest BCUT2D eigenvalue weighted by Gasteiger charge is 2.33. The van der Waals surface area contributed by atoms with E-state index in [2.05, 4.69) is 0 Å². The van der Waals surface area contributed by atoms with Gasteiger partial charge in [-0.05, 0) is 30.0 Å². The van der Waals surface area contributed by atoms with E-state index in [9.17, 15) is 14.9 Å². The molecule has 0 fully saturated rings. The highest BCUT2D eigenvalue weighted by molar-refractivity contribution is 6.34. The minimum absolute atomic E-state index is 0.0296. The minimum atomic E-state index is -0.554. The lowest BCUT2D eigenvalue weighted by molar-refractivity contribution is -0.385. The summed E-state index contributed by atoms with van der Waals surface area (Å²) in [6, 6.07) is 12.2. The summed E-state index contributed by atoms with van der Waals surface area (Å²) in [5.74, 6) is -0.524. The molecule has 1 aliphatic rings. The van der Waals surface area contributed by atoms with Crippen molar-refractivity contribution >= 4 is 23.1 Å². The van der Waals surface area contributed by atoms with Crippen molar-refractivity contribution in [2.75, 3.05) is 0 Å². The summed E-state index contributed by atoms with van der Waals surface area (Å²) in [6.07, 6.45) is 1.22. The van der Waals surface area contributed by atoms with Crippen molar-refractivity contribution in [3.05, 3.63) is 74.3 Å². The largest absolute Gasteiger partial charge is 0.294 e. The molecular formula is C16H12ClNO3. The molecule has 0 spiro atoms. The number of hydrogen-bond acceptors (Lipinski definition) is 3. The highest BCUT2D eigenvalue weighted by atomic mass is 35.5. The maximum absolute atomic E-state index is 12.7. The van der Waals surface area contributed by atoms with Crippen LogP contribution in [0.1, 0.15) is 21.5 Å². The van der Waals surface area contributed by atoms with Gasteiger partial charge in [0.05, 0.1) is 9.95 Å². The number of halogens is 1. The Balaban J connectivity index is 1.97. The Morgan fingerprint density at radius 3 is 2.29 bits per heavy atom. The quantitative estimate of drug-likeness (QED) is 0.491. The molecule has 0 atom stereocenters. The van der Waals surface area contributed by atoms with Crippen LogP contribution in [0.25, 0.3) is 0 Å². The lowest BCUT2D eigenvalue weighted by Gasteiger charge is -2.10. The van der Waals surface area contributed by atoms with Crippen molar-refractivity contribution in [1.82, 2.24) is 0 Å². The SMILES string of the molecule is O=C(c1c(Cl)cccc1[N+](=O)[O-])C1Cc2ccccc2C1. The minimum Gasteiger partial charge on any atom is -0.294 e. The van der Waals surface area contributed by atoms with Crippen LogP contribution in [-0.2, 0) is 12.8 Å². The number of fused-ring (bicyclic) bond motifs is 1. The summed E-state index contributed by atoms with van der Waals surface area (Å²) in [5.41, 5.74) is 2.07. The molecule has 0 bridgehead atoms. The molecule has 5 heteroatoms. The molecule has 0 aromatic heterocycles. The topological polar surface area (TPSA) is 60.2 Å². The van der Waals surface area contributed by atoms with Gasteiger partial charge in [-0.1, -0.05) is 41.9 Å². The normalized spacial score (nSPS) is 14.0. The second-order valence-electron chi connectivity index (χ2n) is 5.13. The number of carbonyl (C=O) groups is 1. The van der Waals surface area contributed by atoms with E-state index in [1.807, 2.05) is 24.3 Å². The van der Waals surface area contributed by atoms with E-state index in [-0.39, 0.29) is 28.0 Å². The Kier molecular flexibility index (Phi) is 3.47. The van der Waals surface area contributed by atoms with Gasteiger partial charge in [-0.25, -0.2) is 0 Å². The van der Waals surface area contributed by atoms with Crippen molar-refractivity contribution in [1.29, 1.82) is 0 Å². The average molecular weight is 302 g/mol. The Hall–Kier alpha value is -2.20. The second-order valence-corrected chi connectivity index (χ2v) is 5.54. The fourth-order valence-corrected chi connectivity index (χ4v) is 3.12. The van der Waals surface area contributed by atoms with Gasteiger partial charge in [-0.3, -0.25) is 14.9 Å². The first-order chi connectivity index (χ1) is 10.1. The zero-order valence-corrected chi connectivity index (χ0v) is 11.8. The van der Waals surface area contributed by atoms with Crippen molar-refractivity contribution < 1.29 is 9.72 Å². The molecule has 106 valence electrons. The maximum Gasteiger partial charge on any atom is 0.281 e. The maximum atomic E-state index is 12.7. The Morgan fingerprint density at radius 2 is 1.71 bits per heavy atom. The average Bonchev–Trinajstić information content (AvgIpc) is 2.90. The lowest BCUT2D eigenvalue weighted by Crippen LogP contribution is -2.17. The van der Waals surface area contributed by atoms with Crippen molar-refractivity contribution in [2.45, 2.75) is 12.8 Å². The molecule has 3 rings (SSSR count). The molecule has 0 heterocycles. The van der Waals surface area contributed by atoms with Gasteiger partial charge >= 0.3 is 0 Å². The van der Waals surface area contributed by atoms with Gasteiger partial charge < -0.3 is 0 Å². The zero-order valence-electron chi connectivity index (χ0n) is 11.1. The highest BCUT2D eigenvalue weighted by Crippen LogP contribution is 2.34. The second kappa shape index (κ2) is 5.30. The van der Waals surface area contributed by atoms with Crippen molar-refractivity contribution in [2.24, 2.45) is 5.92 Å². The molecule has 0 saturated carbocycles. The van der Waals surface area contributed by atoms with E-state index < -0.39 is 4.92 Å². The standard InChI is InChI=1S/C16H12ClNO3/c17-13-6-3-7-14(18(20)21)15(13)16(19)12-8-10-4-1-2-5-11(10)9-12/h1-7,12H,8-9H2. The molecule has 0 N–H and O–H groups in total. The van der Waals surface area contributed by atoms with Crippen LogP contribution in [-0.4, -0.2) is 10.7 Å². The predicted molar refractivity (Wildman–Crippen MR) is 79.8 cm³/mol. The lowest BCUT2D eigenvalue weighted by atomic mass is 9.94. The summed E-state index contributed by atoms with van der Waals surface area (Å²) in [6.45, 7) is 0. The Labute approximate surface area is 126 Å². The van der Waals surface area contributed by atoms with Crippen molar-refractivity contribution in [3.8, 4) is 0 Å². The van der Waals surface area contributed by atoms with Crippen LogP contribution in [0.2, 0.25) is 5.02 Å². The van der Waals surface area contributed by atoms with Gasteiger partial charge in [0, 0.05) is 12.0 Å². The number of nitro groups is 1. The monoisotopic (exact) mass is 301 g/mol. The van der Waals surface area contributed by atoms with Crippen LogP contribution in [0, 0.1) is 16.0 Å². The summed E-state index contributed by atoms with van der Waals surface area (Å²) in [4.78, 5) is 23.2. The first-order valence-corrected chi connectivity index (χ1v) is 6.99. The summed E-state index contributed by atoms with van der Waals surface area (Å²) >= 11 is 6.03. The third kappa shape index (κ3) is 2.43. The Morgan fingerprint density at radius 1 is 1.10 bits per heavy atom. The van der Waals surface area contributed by atoms with Gasteiger partial charge in [0.1, 0.15) is 5.56 Å². The zero-order chi connectivity index (χ0) is 15.0. The smallest absolute Gasteiger partial charge is 0.281 e. The molecule has 2 aromatic carbocycles. The van der Waals surface area contributed by atoms with E-state index in [1.165, 1.54) is 18.2 Å². The number of rotatable bonds is 3. The number of carbonyl (C=O) groups excluding carboxylic acids is 1. The number of ketones is 1. The molecule has 0 unspecified atom stereocenters. The fourth-order valence-electron chi connectivity index (χ4n) is 2.86. The molecule has 21 heavy (non-hydrogen) atoms. The molecule has 4 nitrogen and oxygen atoms in total. The summed E-state index contributed by atoms with van der Waals surface area (Å²) in [5, 5.41) is 11.2. The van der Waals surface area contributed by atoms with Crippen LogP contribution in [0.3, 0.4) is 0 Å². The molecule has 2 aromatic rings. The van der Waals surface area contributed by atoms with Crippen LogP contribution in [0.5, 0.6) is 0 Å². The first-order valence-electron chi connectivity index (χ1n) is 6.62. The van der Waals surface area contributed by atoms with Gasteiger partial charge in [-0.2, -0.15) is 0 Å². The van der Waals surface area contributed by atoms with E-state index in [1.54, 1.807) is 0 Å². The van der Waals surface area contributed by atoms with Gasteiger partial charge in [-0.15, -0.1) is 0 Å². The number of Topliss-reactive ketones (excluding diaryl/α,β-unsaturated/α-hetero) is 1. The molecule has 0 radical (unpaired) electrons. The summed E-state index contributed by atoms with van der Waals surface area (Å²) in [7, 11) is 0. The van der Waals surface area contributed by atoms with Crippen LogP contribution in [0.4, 0.5) is 5.69 Å². The molecule has 0 amide bonds. The van der Waals surface area contributed by atoms with Crippen molar-refractivity contribution in [3.63, 3.8) is 0 Å². The van der Waals surface area contributed by atoms with Gasteiger partial charge in [0.25, 0.3) is 5.69 Å². The van der Waals surface area contributed by atoms with Gasteiger partial charge in [0.2, 0.25) is 0 Å². The van der Waals surface area contributed by atoms with E-state index in [0.29, 0.717) is 12.8 Å². The van der Waals surface area contributed by atoms with E-state index in [0.717, 1.165) is 11.1 Å². The third-order valence-electron chi connectivity index (χ3n) is 3.86. The van der Waals surface area contributed by atoms with Crippen LogP contribution >= 0.6 is 11.6 Å². The number of nitrogens with zero attached hydrogens (tertiary/aromatic N) is 1. The molecule has 0 aliphatic heterocycles.